The molecule has 1 nitrogen and oxygen atoms in total. The zero-order valence-electron chi connectivity index (χ0n) is 32.2. The van der Waals surface area contributed by atoms with Crippen LogP contribution in [0.15, 0.2) is 188 Å². The van der Waals surface area contributed by atoms with Gasteiger partial charge in [0, 0.05) is 22.4 Å². The average molecular weight is 732 g/mol. The molecule has 5 aliphatic carbocycles. The molecule has 274 valence electrons. The third-order valence-electron chi connectivity index (χ3n) is 14.4. The van der Waals surface area contributed by atoms with Crippen LogP contribution in [0.25, 0.3) is 55.3 Å². The molecule has 13 rings (SSSR count). The fourth-order valence-electron chi connectivity index (χ4n) is 12.3. The number of nitrogens with zero attached hydrogens (tertiary/aromatic N) is 1. The van der Waals surface area contributed by atoms with E-state index in [0.29, 0.717) is 0 Å². The SMILES string of the molecule is c1ccc(-c2ccc(N(c3ccc(-c4ccc5c(c4)C4(c6ccccc6-5)C5CC6CC(C5)CC4C6)cc3)c3ccc4ccccc4c3)c(-c3ccccc3)c2)cc1. The number of anilines is 3. The highest BCUT2D eigenvalue weighted by atomic mass is 15.1. The van der Waals surface area contributed by atoms with E-state index in [1.807, 2.05) is 0 Å². The molecule has 8 aromatic rings. The van der Waals surface area contributed by atoms with E-state index in [9.17, 15) is 0 Å². The molecule has 0 aromatic heterocycles. The molecule has 0 amide bonds. The van der Waals surface area contributed by atoms with Crippen LogP contribution in [0.4, 0.5) is 17.1 Å². The molecule has 4 saturated carbocycles. The maximum atomic E-state index is 2.61. The van der Waals surface area contributed by atoms with E-state index < -0.39 is 0 Å². The van der Waals surface area contributed by atoms with Crippen LogP contribution in [0.3, 0.4) is 0 Å². The maximum Gasteiger partial charge on any atom is 0.0540 e. The number of rotatable bonds is 6. The van der Waals surface area contributed by atoms with Crippen molar-refractivity contribution in [3.8, 4) is 44.5 Å². The van der Waals surface area contributed by atoms with E-state index in [4.69, 9.17) is 0 Å². The zero-order valence-corrected chi connectivity index (χ0v) is 32.2. The second-order valence-corrected chi connectivity index (χ2v) is 17.4. The lowest BCUT2D eigenvalue weighted by molar-refractivity contribution is -0.0399. The van der Waals surface area contributed by atoms with Crippen LogP contribution in [-0.4, -0.2) is 0 Å². The Morgan fingerprint density at radius 2 is 0.912 bits per heavy atom. The third-order valence-corrected chi connectivity index (χ3v) is 14.4. The van der Waals surface area contributed by atoms with Crippen LogP contribution < -0.4 is 4.90 Å². The normalized spacial score (nSPS) is 22.5. The van der Waals surface area contributed by atoms with Gasteiger partial charge in [0.2, 0.25) is 0 Å². The quantitative estimate of drug-likeness (QED) is 0.165. The summed E-state index contributed by atoms with van der Waals surface area (Å²) in [6.07, 6.45) is 7.09. The topological polar surface area (TPSA) is 3.24 Å². The molecule has 0 atom stereocenters. The van der Waals surface area contributed by atoms with Gasteiger partial charge in [-0.1, -0.05) is 146 Å². The van der Waals surface area contributed by atoms with E-state index in [1.165, 1.54) is 87.4 Å². The Bertz CT molecular complexity index is 2770. The fourth-order valence-corrected chi connectivity index (χ4v) is 12.3. The van der Waals surface area contributed by atoms with Gasteiger partial charge >= 0.3 is 0 Å². The first-order chi connectivity index (χ1) is 28.2. The summed E-state index contributed by atoms with van der Waals surface area (Å²) in [5.41, 5.74) is 17.3. The molecule has 4 fully saturated rings. The average Bonchev–Trinajstić information content (AvgIpc) is 3.56. The van der Waals surface area contributed by atoms with Crippen molar-refractivity contribution in [3.63, 3.8) is 0 Å². The van der Waals surface area contributed by atoms with Gasteiger partial charge in [-0.25, -0.2) is 0 Å². The van der Waals surface area contributed by atoms with Gasteiger partial charge in [-0.3, -0.25) is 0 Å². The number of benzene rings is 8. The molecular weight excluding hydrogens is 687 g/mol. The summed E-state index contributed by atoms with van der Waals surface area (Å²) in [6, 6.07) is 70.4. The van der Waals surface area contributed by atoms with E-state index in [2.05, 4.69) is 193 Å². The number of hydrogen-bond donors (Lipinski definition) is 0. The minimum absolute atomic E-state index is 0.169. The standard InChI is InChI=1S/C56H45N/c1-3-11-39(12-4-1)44-23-28-55(52(35-44)42-14-5-2-6-15-42)57(49-26-21-40-13-7-8-16-43(40)34-49)48-24-19-41(20-25-48)45-22-27-51-50-17-9-10-18-53(50)56(54(51)36-45)46-30-37-29-38(32-46)33-47(56)31-37/h1-28,34-38,46-47H,29-33H2. The van der Waals surface area contributed by atoms with Crippen molar-refractivity contribution in [1.29, 1.82) is 0 Å². The summed E-state index contributed by atoms with van der Waals surface area (Å²) in [4.78, 5) is 2.45. The van der Waals surface area contributed by atoms with E-state index in [-0.39, 0.29) is 5.41 Å². The van der Waals surface area contributed by atoms with Crippen molar-refractivity contribution < 1.29 is 0 Å². The predicted octanol–water partition coefficient (Wildman–Crippen LogP) is 15.0. The molecular formula is C56H45N. The molecule has 5 aliphatic rings. The molecule has 0 radical (unpaired) electrons. The second-order valence-electron chi connectivity index (χ2n) is 17.4. The molecule has 0 saturated heterocycles. The van der Waals surface area contributed by atoms with Crippen molar-refractivity contribution in [2.45, 2.75) is 37.5 Å². The van der Waals surface area contributed by atoms with Gasteiger partial charge in [-0.2, -0.15) is 0 Å². The van der Waals surface area contributed by atoms with Crippen LogP contribution in [0.2, 0.25) is 0 Å². The van der Waals surface area contributed by atoms with Gasteiger partial charge in [-0.05, 0) is 159 Å². The van der Waals surface area contributed by atoms with Gasteiger partial charge in [-0.15, -0.1) is 0 Å². The van der Waals surface area contributed by atoms with E-state index >= 15 is 0 Å². The number of fused-ring (bicyclic) bond motifs is 4. The summed E-state index contributed by atoms with van der Waals surface area (Å²) >= 11 is 0. The minimum Gasteiger partial charge on any atom is -0.310 e. The Labute approximate surface area is 336 Å². The van der Waals surface area contributed by atoms with Gasteiger partial charge in [0.15, 0.2) is 0 Å². The fraction of sp³-hybridized carbons (Fsp3) is 0.179. The van der Waals surface area contributed by atoms with E-state index in [1.54, 1.807) is 11.1 Å². The third kappa shape index (κ3) is 5.14. The van der Waals surface area contributed by atoms with Crippen molar-refractivity contribution in [2.24, 2.45) is 23.7 Å². The first kappa shape index (κ1) is 33.0. The van der Waals surface area contributed by atoms with Gasteiger partial charge < -0.3 is 4.90 Å². The molecule has 0 N–H and O–H groups in total. The van der Waals surface area contributed by atoms with Crippen LogP contribution in [-0.2, 0) is 5.41 Å². The Kier molecular flexibility index (Phi) is 7.49. The van der Waals surface area contributed by atoms with Crippen molar-refractivity contribution >= 4 is 27.8 Å². The first-order valence-corrected chi connectivity index (χ1v) is 21.1. The van der Waals surface area contributed by atoms with Crippen LogP contribution in [0.1, 0.15) is 43.2 Å². The number of hydrogen-bond acceptors (Lipinski definition) is 1. The molecule has 0 heterocycles. The molecule has 57 heavy (non-hydrogen) atoms. The maximum absolute atomic E-state index is 2.61. The minimum atomic E-state index is 0.169. The Morgan fingerprint density at radius 3 is 1.67 bits per heavy atom. The molecule has 1 spiro atoms. The largest absolute Gasteiger partial charge is 0.310 e. The highest BCUT2D eigenvalue weighted by Crippen LogP contribution is 2.69. The van der Waals surface area contributed by atoms with Crippen molar-refractivity contribution in [2.75, 3.05) is 4.90 Å². The highest BCUT2D eigenvalue weighted by molar-refractivity contribution is 5.94. The monoisotopic (exact) mass is 731 g/mol. The lowest BCUT2D eigenvalue weighted by atomic mass is 9.43. The Morgan fingerprint density at radius 1 is 0.351 bits per heavy atom. The summed E-state index contributed by atoms with van der Waals surface area (Å²) in [6.45, 7) is 0. The Hall–Kier alpha value is -6.18. The predicted molar refractivity (Wildman–Crippen MR) is 238 cm³/mol. The lowest BCUT2D eigenvalue weighted by Crippen LogP contribution is -2.55. The molecule has 0 aliphatic heterocycles. The smallest absolute Gasteiger partial charge is 0.0540 e. The first-order valence-electron chi connectivity index (χ1n) is 21.1. The lowest BCUT2D eigenvalue weighted by Gasteiger charge is -2.61. The summed E-state index contributed by atoms with van der Waals surface area (Å²) in [5, 5.41) is 2.48. The molecule has 1 heteroatoms. The van der Waals surface area contributed by atoms with Crippen LogP contribution >= 0.6 is 0 Å². The van der Waals surface area contributed by atoms with Crippen LogP contribution in [0.5, 0.6) is 0 Å². The summed E-state index contributed by atoms with van der Waals surface area (Å²) in [7, 11) is 0. The summed E-state index contributed by atoms with van der Waals surface area (Å²) < 4.78 is 0. The second kappa shape index (κ2) is 12.9. The van der Waals surface area contributed by atoms with Crippen molar-refractivity contribution in [1.82, 2.24) is 0 Å². The van der Waals surface area contributed by atoms with Crippen LogP contribution in [0, 0.1) is 23.7 Å². The molecule has 8 aromatic carbocycles. The molecule has 0 unspecified atom stereocenters. The van der Waals surface area contributed by atoms with Crippen molar-refractivity contribution in [3.05, 3.63) is 199 Å². The Balaban J connectivity index is 0.990. The van der Waals surface area contributed by atoms with Gasteiger partial charge in [0.1, 0.15) is 0 Å². The zero-order chi connectivity index (χ0) is 37.5. The summed E-state index contributed by atoms with van der Waals surface area (Å²) in [5.74, 6) is 3.40. The highest BCUT2D eigenvalue weighted by Gasteiger charge is 2.61. The van der Waals surface area contributed by atoms with Gasteiger partial charge in [0.25, 0.3) is 0 Å². The van der Waals surface area contributed by atoms with Gasteiger partial charge in [0.05, 0.1) is 5.69 Å². The molecule has 4 bridgehead atoms. The van der Waals surface area contributed by atoms with E-state index in [0.717, 1.165) is 40.7 Å².